The van der Waals surface area contributed by atoms with Gasteiger partial charge in [0.05, 0.1) is 11.4 Å². The molecule has 1 amide bonds. The lowest BCUT2D eigenvalue weighted by Gasteiger charge is -2.11. The van der Waals surface area contributed by atoms with E-state index in [4.69, 9.17) is 5.10 Å². The summed E-state index contributed by atoms with van der Waals surface area (Å²) < 4.78 is 3.75. The van der Waals surface area contributed by atoms with Gasteiger partial charge >= 0.3 is 0 Å². The summed E-state index contributed by atoms with van der Waals surface area (Å²) in [4.78, 5) is 12.7. The molecule has 2 aromatic heterocycles. The number of hydrogen-bond donors (Lipinski definition) is 1. The molecule has 0 unspecified atom stereocenters. The van der Waals surface area contributed by atoms with Crippen molar-refractivity contribution in [1.82, 2.24) is 19.7 Å². The van der Waals surface area contributed by atoms with Crippen LogP contribution in [0.5, 0.6) is 0 Å². The van der Waals surface area contributed by atoms with Crippen LogP contribution in [0.4, 0.5) is 0 Å². The third-order valence-electron chi connectivity index (χ3n) is 4.26. The van der Waals surface area contributed by atoms with E-state index >= 15 is 0 Å². The molecular formula is C20H24N4O. The zero-order chi connectivity index (χ0) is 18.0. The van der Waals surface area contributed by atoms with E-state index in [0.717, 1.165) is 29.1 Å². The highest BCUT2D eigenvalue weighted by Crippen LogP contribution is 2.24. The first-order valence-electron chi connectivity index (χ1n) is 8.59. The number of amides is 1. The summed E-state index contributed by atoms with van der Waals surface area (Å²) in [5, 5.41) is 7.69. The quantitative estimate of drug-likeness (QED) is 0.773. The van der Waals surface area contributed by atoms with Gasteiger partial charge in [-0.25, -0.2) is 4.68 Å². The van der Waals surface area contributed by atoms with E-state index < -0.39 is 0 Å². The van der Waals surface area contributed by atoms with Gasteiger partial charge in [0.25, 0.3) is 5.91 Å². The van der Waals surface area contributed by atoms with E-state index in [1.54, 1.807) is 4.68 Å². The average molecular weight is 336 g/mol. The number of nitrogens with zero attached hydrogens (tertiary/aromatic N) is 3. The average Bonchev–Trinajstić information content (AvgIpc) is 3.18. The van der Waals surface area contributed by atoms with Crippen molar-refractivity contribution in [3.8, 4) is 17.1 Å². The van der Waals surface area contributed by atoms with Crippen molar-refractivity contribution in [1.29, 1.82) is 0 Å². The molecule has 0 saturated heterocycles. The molecule has 1 N–H and O–H groups in total. The summed E-state index contributed by atoms with van der Waals surface area (Å²) in [6.07, 6.45) is 2.87. The minimum atomic E-state index is -0.102. The summed E-state index contributed by atoms with van der Waals surface area (Å²) in [6, 6.07) is 12.0. The van der Waals surface area contributed by atoms with Gasteiger partial charge in [-0.1, -0.05) is 24.6 Å². The van der Waals surface area contributed by atoms with Crippen molar-refractivity contribution in [3.05, 3.63) is 59.4 Å². The number of carbonyl (C=O) groups is 1. The summed E-state index contributed by atoms with van der Waals surface area (Å²) in [7, 11) is 1.97. The number of rotatable bonds is 5. The molecule has 1 aromatic carbocycles. The molecule has 0 bridgehead atoms. The van der Waals surface area contributed by atoms with Crippen molar-refractivity contribution in [2.24, 2.45) is 7.05 Å². The Balaban J connectivity index is 2.13. The molecule has 5 heteroatoms. The van der Waals surface area contributed by atoms with E-state index in [2.05, 4.69) is 18.3 Å². The predicted octanol–water partition coefficient (Wildman–Crippen LogP) is 3.63. The van der Waals surface area contributed by atoms with Crippen LogP contribution in [-0.2, 0) is 7.05 Å². The van der Waals surface area contributed by atoms with E-state index in [1.807, 2.05) is 62.0 Å². The van der Waals surface area contributed by atoms with Crippen molar-refractivity contribution < 1.29 is 4.79 Å². The Morgan fingerprint density at radius 3 is 2.64 bits per heavy atom. The monoisotopic (exact) mass is 336 g/mol. The second-order valence-corrected chi connectivity index (χ2v) is 6.38. The topological polar surface area (TPSA) is 51.9 Å². The van der Waals surface area contributed by atoms with Gasteiger partial charge in [-0.05, 0) is 50.1 Å². The summed E-state index contributed by atoms with van der Waals surface area (Å²) >= 11 is 0. The van der Waals surface area contributed by atoms with Crippen LogP contribution >= 0.6 is 0 Å². The van der Waals surface area contributed by atoms with Gasteiger partial charge < -0.3 is 9.88 Å². The van der Waals surface area contributed by atoms with Crippen LogP contribution in [0.2, 0.25) is 0 Å². The van der Waals surface area contributed by atoms with Crippen LogP contribution in [-0.4, -0.2) is 26.8 Å². The first-order chi connectivity index (χ1) is 12.0. The number of carbonyl (C=O) groups excluding carboxylic acids is 1. The molecule has 0 aliphatic rings. The highest BCUT2D eigenvalue weighted by atomic mass is 16.2. The second kappa shape index (κ2) is 6.97. The fourth-order valence-electron chi connectivity index (χ4n) is 2.95. The summed E-state index contributed by atoms with van der Waals surface area (Å²) in [5.74, 6) is -0.102. The van der Waals surface area contributed by atoms with Gasteiger partial charge in [-0.3, -0.25) is 4.79 Å². The Morgan fingerprint density at radius 1 is 1.20 bits per heavy atom. The highest BCUT2D eigenvalue weighted by molar-refractivity contribution is 5.94. The number of benzene rings is 1. The first kappa shape index (κ1) is 17.0. The number of aromatic nitrogens is 3. The van der Waals surface area contributed by atoms with Crippen LogP contribution in [0.25, 0.3) is 17.1 Å². The molecule has 0 radical (unpaired) electrons. The maximum atomic E-state index is 12.7. The minimum absolute atomic E-state index is 0.102. The fraction of sp³-hybridized carbons (Fsp3) is 0.300. The Morgan fingerprint density at radius 2 is 2.00 bits per heavy atom. The third kappa shape index (κ3) is 3.36. The number of aryl methyl sites for hydroxylation is 3. The molecule has 3 aromatic rings. The van der Waals surface area contributed by atoms with E-state index in [1.165, 1.54) is 5.56 Å². The molecule has 0 saturated carbocycles. The molecular weight excluding hydrogens is 312 g/mol. The zero-order valence-electron chi connectivity index (χ0n) is 15.2. The zero-order valence-corrected chi connectivity index (χ0v) is 15.2. The van der Waals surface area contributed by atoms with Gasteiger partial charge in [-0.2, -0.15) is 5.10 Å². The Labute approximate surface area is 148 Å². The molecule has 130 valence electrons. The largest absolute Gasteiger partial charge is 0.351 e. The van der Waals surface area contributed by atoms with Gasteiger partial charge in [0, 0.05) is 19.8 Å². The van der Waals surface area contributed by atoms with Gasteiger partial charge in [0.2, 0.25) is 0 Å². The van der Waals surface area contributed by atoms with Crippen LogP contribution in [0.1, 0.15) is 35.0 Å². The lowest BCUT2D eigenvalue weighted by molar-refractivity contribution is 0.0946. The molecule has 3 rings (SSSR count). The molecule has 0 spiro atoms. The van der Waals surface area contributed by atoms with Crippen molar-refractivity contribution in [2.45, 2.75) is 27.2 Å². The van der Waals surface area contributed by atoms with Gasteiger partial charge in [-0.15, -0.1) is 0 Å². The van der Waals surface area contributed by atoms with Gasteiger partial charge in [0.1, 0.15) is 11.4 Å². The highest BCUT2D eigenvalue weighted by Gasteiger charge is 2.19. The van der Waals surface area contributed by atoms with E-state index in [-0.39, 0.29) is 5.91 Å². The molecule has 0 fully saturated rings. The van der Waals surface area contributed by atoms with Crippen LogP contribution in [0, 0.1) is 13.8 Å². The maximum Gasteiger partial charge on any atom is 0.270 e. The molecule has 2 heterocycles. The van der Waals surface area contributed by atoms with E-state index in [0.29, 0.717) is 12.2 Å². The minimum Gasteiger partial charge on any atom is -0.351 e. The smallest absolute Gasteiger partial charge is 0.270 e. The molecule has 0 atom stereocenters. The van der Waals surface area contributed by atoms with Gasteiger partial charge in [0.15, 0.2) is 0 Å². The number of hydrogen-bond acceptors (Lipinski definition) is 2. The fourth-order valence-corrected chi connectivity index (χ4v) is 2.95. The lowest BCUT2D eigenvalue weighted by Crippen LogP contribution is -2.26. The van der Waals surface area contributed by atoms with Crippen molar-refractivity contribution in [2.75, 3.05) is 6.54 Å². The standard InChI is InChI=1S/C20H24N4O/c1-5-10-21-20(25)19-13-16(18-7-6-11-23(18)4)22-24(19)17-9-8-14(2)12-15(17)3/h6-9,11-13H,5,10H2,1-4H3,(H,21,25). The Kier molecular flexibility index (Phi) is 4.74. The molecule has 5 nitrogen and oxygen atoms in total. The summed E-state index contributed by atoms with van der Waals surface area (Å²) in [5.41, 5.74) is 5.52. The lowest BCUT2D eigenvalue weighted by atomic mass is 10.1. The SMILES string of the molecule is CCCNC(=O)c1cc(-c2cccn2C)nn1-c1ccc(C)cc1C. The number of nitrogens with one attached hydrogen (secondary N) is 1. The van der Waals surface area contributed by atoms with E-state index in [9.17, 15) is 4.79 Å². The van der Waals surface area contributed by atoms with Crippen LogP contribution < -0.4 is 5.32 Å². The summed E-state index contributed by atoms with van der Waals surface area (Å²) in [6.45, 7) is 6.79. The van der Waals surface area contributed by atoms with Crippen molar-refractivity contribution >= 4 is 5.91 Å². The molecule has 0 aliphatic heterocycles. The Hall–Kier alpha value is -2.82. The molecule has 25 heavy (non-hydrogen) atoms. The predicted molar refractivity (Wildman–Crippen MR) is 100 cm³/mol. The third-order valence-corrected chi connectivity index (χ3v) is 4.26. The van der Waals surface area contributed by atoms with Crippen LogP contribution in [0.3, 0.4) is 0 Å². The second-order valence-electron chi connectivity index (χ2n) is 6.38. The Bertz CT molecular complexity index is 904. The first-order valence-corrected chi connectivity index (χ1v) is 8.59. The van der Waals surface area contributed by atoms with Crippen LogP contribution in [0.15, 0.2) is 42.6 Å². The normalized spacial score (nSPS) is 10.9. The maximum absolute atomic E-state index is 12.7. The molecule has 0 aliphatic carbocycles. The van der Waals surface area contributed by atoms with Crippen molar-refractivity contribution in [3.63, 3.8) is 0 Å².